The lowest BCUT2D eigenvalue weighted by atomic mass is 9.88. The summed E-state index contributed by atoms with van der Waals surface area (Å²) < 4.78 is 9.32. The van der Waals surface area contributed by atoms with Gasteiger partial charge in [0.15, 0.2) is 0 Å². The standard InChI is InChI=1S/C13H22O3.C13H20O3/c2*1-3-4-5-6-11-10(7-8-12(11)14)9-13(15)16-2/h10-11H,3-9H2,1-2H3;4-5,10-11H,3,6-9H2,1-2H3. The second-order valence-corrected chi connectivity index (χ2v) is 8.91. The molecule has 2 fully saturated rings. The molecule has 0 aromatic heterocycles. The zero-order chi connectivity index (χ0) is 23.9. The molecule has 6 heteroatoms. The van der Waals surface area contributed by atoms with Gasteiger partial charge in [-0.25, -0.2) is 0 Å². The van der Waals surface area contributed by atoms with E-state index in [1.165, 1.54) is 27.1 Å². The minimum absolute atomic E-state index is 0.0295. The quantitative estimate of drug-likeness (QED) is 0.243. The van der Waals surface area contributed by atoms with Crippen molar-refractivity contribution in [2.24, 2.45) is 23.7 Å². The lowest BCUT2D eigenvalue weighted by molar-refractivity contribution is -0.143. The zero-order valence-electron chi connectivity index (χ0n) is 20.4. The number of allylic oxidation sites excluding steroid dienone is 2. The van der Waals surface area contributed by atoms with Crippen molar-refractivity contribution in [3.63, 3.8) is 0 Å². The summed E-state index contributed by atoms with van der Waals surface area (Å²) in [5.74, 6) is 0.829. The molecule has 2 saturated carbocycles. The lowest BCUT2D eigenvalue weighted by Gasteiger charge is -2.16. The maximum atomic E-state index is 11.7. The van der Waals surface area contributed by atoms with E-state index in [0.717, 1.165) is 38.5 Å². The fourth-order valence-electron chi connectivity index (χ4n) is 4.78. The highest BCUT2D eigenvalue weighted by Crippen LogP contribution is 2.35. The Bertz CT molecular complexity index is 638. The smallest absolute Gasteiger partial charge is 0.305 e. The monoisotopic (exact) mass is 450 g/mol. The van der Waals surface area contributed by atoms with Crippen molar-refractivity contribution >= 4 is 23.5 Å². The minimum atomic E-state index is -0.204. The molecule has 2 rings (SSSR count). The molecule has 0 amide bonds. The van der Waals surface area contributed by atoms with E-state index in [-0.39, 0.29) is 35.6 Å². The van der Waals surface area contributed by atoms with Crippen molar-refractivity contribution in [2.75, 3.05) is 14.2 Å². The third-order valence-electron chi connectivity index (χ3n) is 6.71. The van der Waals surface area contributed by atoms with E-state index in [1.54, 1.807) is 0 Å². The Kier molecular flexibility index (Phi) is 13.8. The third kappa shape index (κ3) is 9.66. The van der Waals surface area contributed by atoms with Crippen LogP contribution in [-0.4, -0.2) is 37.7 Å². The number of ether oxygens (including phenoxy) is 2. The largest absolute Gasteiger partial charge is 0.469 e. The van der Waals surface area contributed by atoms with Crippen LogP contribution in [0.5, 0.6) is 0 Å². The summed E-state index contributed by atoms with van der Waals surface area (Å²) in [7, 11) is 2.80. The maximum absolute atomic E-state index is 11.7. The Morgan fingerprint density at radius 2 is 1.38 bits per heavy atom. The van der Waals surface area contributed by atoms with Gasteiger partial charge in [-0.05, 0) is 43.9 Å². The number of rotatable bonds is 11. The maximum Gasteiger partial charge on any atom is 0.305 e. The summed E-state index contributed by atoms with van der Waals surface area (Å²) in [6.45, 7) is 4.22. The van der Waals surface area contributed by atoms with Gasteiger partial charge in [0.2, 0.25) is 0 Å². The molecular formula is C26H42O6. The van der Waals surface area contributed by atoms with Crippen LogP contribution in [-0.2, 0) is 28.7 Å². The van der Waals surface area contributed by atoms with Crippen LogP contribution >= 0.6 is 0 Å². The fraction of sp³-hybridized carbons (Fsp3) is 0.769. The summed E-state index contributed by atoms with van der Waals surface area (Å²) in [5, 5.41) is 0. The van der Waals surface area contributed by atoms with Crippen LogP contribution in [0.25, 0.3) is 0 Å². The van der Waals surface area contributed by atoms with E-state index in [2.05, 4.69) is 35.5 Å². The molecule has 4 unspecified atom stereocenters. The molecule has 0 bridgehead atoms. The first-order valence-corrected chi connectivity index (χ1v) is 12.2. The molecule has 0 aliphatic heterocycles. The average Bonchev–Trinajstić information content (AvgIpc) is 3.31. The molecule has 0 aromatic rings. The van der Waals surface area contributed by atoms with Crippen molar-refractivity contribution in [1.29, 1.82) is 0 Å². The number of methoxy groups -OCH3 is 2. The number of esters is 2. The van der Waals surface area contributed by atoms with Crippen LogP contribution in [0.4, 0.5) is 0 Å². The van der Waals surface area contributed by atoms with E-state index in [0.29, 0.717) is 37.2 Å². The van der Waals surface area contributed by atoms with Crippen molar-refractivity contribution in [3.05, 3.63) is 12.2 Å². The first-order valence-electron chi connectivity index (χ1n) is 12.2. The molecule has 0 aromatic carbocycles. The van der Waals surface area contributed by atoms with Crippen molar-refractivity contribution < 1.29 is 28.7 Å². The second kappa shape index (κ2) is 15.8. The molecule has 2 aliphatic rings. The molecule has 0 saturated heterocycles. The third-order valence-corrected chi connectivity index (χ3v) is 6.71. The van der Waals surface area contributed by atoms with Gasteiger partial charge in [0.05, 0.1) is 14.2 Å². The van der Waals surface area contributed by atoms with Crippen LogP contribution in [0.1, 0.15) is 90.9 Å². The first kappa shape index (κ1) is 28.1. The summed E-state index contributed by atoms with van der Waals surface area (Å²) >= 11 is 0. The Labute approximate surface area is 193 Å². The highest BCUT2D eigenvalue weighted by atomic mass is 16.5. The number of unbranched alkanes of at least 4 members (excludes halogenated alkanes) is 2. The number of ketones is 2. The van der Waals surface area contributed by atoms with Crippen molar-refractivity contribution in [1.82, 2.24) is 0 Å². The van der Waals surface area contributed by atoms with Gasteiger partial charge in [-0.2, -0.15) is 0 Å². The van der Waals surface area contributed by atoms with E-state index in [1.807, 2.05) is 0 Å². The summed E-state index contributed by atoms with van der Waals surface area (Å²) in [6.07, 6.45) is 14.0. The van der Waals surface area contributed by atoms with Crippen LogP contribution in [0, 0.1) is 23.7 Å². The second-order valence-electron chi connectivity index (χ2n) is 8.91. The molecule has 4 atom stereocenters. The minimum Gasteiger partial charge on any atom is -0.469 e. The highest BCUT2D eigenvalue weighted by molar-refractivity contribution is 5.85. The van der Waals surface area contributed by atoms with Crippen molar-refractivity contribution in [2.45, 2.75) is 90.9 Å². The van der Waals surface area contributed by atoms with Gasteiger partial charge in [-0.1, -0.05) is 45.3 Å². The van der Waals surface area contributed by atoms with E-state index in [4.69, 9.17) is 0 Å². The Balaban J connectivity index is 0.000000320. The summed E-state index contributed by atoms with van der Waals surface area (Å²) in [5.41, 5.74) is 0. The number of carbonyl (C=O) groups excluding carboxylic acids is 4. The Hall–Kier alpha value is -1.98. The number of Topliss-reactive ketones (excluding diaryl/α,β-unsaturated/α-hetero) is 2. The SMILES string of the molecule is CCC=CCC1C(=O)CCC1CC(=O)OC.CCCCCC1C(=O)CCC1CC(=O)OC. The predicted octanol–water partition coefficient (Wildman–Crippen LogP) is 5.23. The molecule has 32 heavy (non-hydrogen) atoms. The van der Waals surface area contributed by atoms with Gasteiger partial charge in [-0.15, -0.1) is 0 Å². The highest BCUT2D eigenvalue weighted by Gasteiger charge is 2.36. The number of hydrogen-bond donors (Lipinski definition) is 0. The fourth-order valence-corrected chi connectivity index (χ4v) is 4.78. The van der Waals surface area contributed by atoms with Gasteiger partial charge in [0, 0.05) is 37.5 Å². The molecular weight excluding hydrogens is 408 g/mol. The van der Waals surface area contributed by atoms with Crippen molar-refractivity contribution in [3.8, 4) is 0 Å². The van der Waals surface area contributed by atoms with Gasteiger partial charge in [0.1, 0.15) is 11.6 Å². The predicted molar refractivity (Wildman–Crippen MR) is 124 cm³/mol. The summed E-state index contributed by atoms with van der Waals surface area (Å²) in [4.78, 5) is 45.8. The normalized spacial score (nSPS) is 25.0. The van der Waals surface area contributed by atoms with Gasteiger partial charge >= 0.3 is 11.9 Å². The number of hydrogen-bond acceptors (Lipinski definition) is 6. The molecule has 0 N–H and O–H groups in total. The first-order chi connectivity index (χ1) is 15.4. The molecule has 0 spiro atoms. The lowest BCUT2D eigenvalue weighted by Crippen LogP contribution is -2.18. The summed E-state index contributed by atoms with van der Waals surface area (Å²) in [6, 6.07) is 0. The molecule has 2 aliphatic carbocycles. The van der Waals surface area contributed by atoms with Crippen LogP contribution in [0.15, 0.2) is 12.2 Å². The molecule has 0 radical (unpaired) electrons. The number of carbonyl (C=O) groups is 4. The zero-order valence-corrected chi connectivity index (χ0v) is 20.4. The van der Waals surface area contributed by atoms with E-state index in [9.17, 15) is 19.2 Å². The molecule has 6 nitrogen and oxygen atoms in total. The Morgan fingerprint density at radius 3 is 1.88 bits per heavy atom. The average molecular weight is 451 g/mol. The molecule has 182 valence electrons. The Morgan fingerprint density at radius 1 is 0.844 bits per heavy atom. The van der Waals surface area contributed by atoms with Crippen LogP contribution < -0.4 is 0 Å². The van der Waals surface area contributed by atoms with E-state index < -0.39 is 0 Å². The topological polar surface area (TPSA) is 86.7 Å². The van der Waals surface area contributed by atoms with Gasteiger partial charge < -0.3 is 9.47 Å². The molecule has 0 heterocycles. The van der Waals surface area contributed by atoms with E-state index >= 15 is 0 Å². The van der Waals surface area contributed by atoms with Gasteiger partial charge in [-0.3, -0.25) is 19.2 Å². The van der Waals surface area contributed by atoms with Gasteiger partial charge in [0.25, 0.3) is 0 Å². The van der Waals surface area contributed by atoms with Crippen LogP contribution in [0.2, 0.25) is 0 Å². The van der Waals surface area contributed by atoms with Crippen LogP contribution in [0.3, 0.4) is 0 Å².